The summed E-state index contributed by atoms with van der Waals surface area (Å²) in [6.07, 6.45) is 3.25. The molecule has 0 N–H and O–H groups in total. The molecular weight excluding hydrogens is 813 g/mol. The van der Waals surface area contributed by atoms with Crippen LogP contribution in [0.15, 0.2) is 97.1 Å². The lowest BCUT2D eigenvalue weighted by Gasteiger charge is -2.33. The molecule has 0 atom stereocenters. The predicted octanol–water partition coefficient (Wildman–Crippen LogP) is 9.77. The molecule has 6 aromatic rings. The van der Waals surface area contributed by atoms with Gasteiger partial charge in [0.1, 0.15) is 11.0 Å². The Morgan fingerprint density at radius 3 is 1.06 bits per heavy atom. The number of benzene rings is 5. The summed E-state index contributed by atoms with van der Waals surface area (Å²) in [5.41, 5.74) is 15.8. The largest absolute Gasteiger partial charge is 0.382 e. The van der Waals surface area contributed by atoms with Gasteiger partial charge in [-0.2, -0.15) is 8.75 Å². The first-order valence-corrected chi connectivity index (χ1v) is 22.8. The highest BCUT2D eigenvalue weighted by Crippen LogP contribution is 2.55. The van der Waals surface area contributed by atoms with E-state index in [2.05, 4.69) is 97.1 Å². The van der Waals surface area contributed by atoms with Crippen LogP contribution in [0.2, 0.25) is 0 Å². The zero-order chi connectivity index (χ0) is 43.5. The van der Waals surface area contributed by atoms with Crippen LogP contribution in [0.25, 0.3) is 55.5 Å². The Labute approximate surface area is 376 Å². The summed E-state index contributed by atoms with van der Waals surface area (Å²) >= 11 is 1.26. The van der Waals surface area contributed by atoms with Crippen LogP contribution in [-0.4, -0.2) is 116 Å². The molecule has 332 valence electrons. The summed E-state index contributed by atoms with van der Waals surface area (Å²) in [6, 6.07) is 35.9. The maximum atomic E-state index is 6.15. The molecule has 2 aliphatic carbocycles. The molecule has 1 heterocycles. The lowest BCUT2D eigenvalue weighted by atomic mass is 9.72. The normalized spacial score (nSPS) is 14.2. The number of hydrogen-bond acceptors (Lipinski definition) is 11. The van der Waals surface area contributed by atoms with Crippen LogP contribution in [-0.2, 0) is 48.7 Å². The van der Waals surface area contributed by atoms with E-state index in [0.717, 1.165) is 59.0 Å². The van der Waals surface area contributed by atoms with Gasteiger partial charge in [0, 0.05) is 76.8 Å². The van der Waals surface area contributed by atoms with Crippen LogP contribution in [0.4, 0.5) is 0 Å². The van der Waals surface area contributed by atoms with Gasteiger partial charge in [-0.15, -0.1) is 0 Å². The summed E-state index contributed by atoms with van der Waals surface area (Å²) in [4.78, 5) is 0. The fourth-order valence-corrected chi connectivity index (χ4v) is 10.4. The SMILES string of the molecule is COCCOCCC1(CCOCCOC)c2ccccc2-c2ccc(-c3ccc(-c4ccc5c(c4)C(CCOCCOC)(CCOCCOC)c4ccccc4-5)c4nsnc34)cc21. The molecule has 0 saturated heterocycles. The number of fused-ring (bicyclic) bond motifs is 7. The number of rotatable bonds is 26. The van der Waals surface area contributed by atoms with E-state index < -0.39 is 0 Å². The highest BCUT2D eigenvalue weighted by atomic mass is 32.1. The van der Waals surface area contributed by atoms with Crippen molar-refractivity contribution in [2.75, 3.05) is 108 Å². The van der Waals surface area contributed by atoms with Crippen molar-refractivity contribution >= 4 is 22.8 Å². The molecule has 0 aliphatic heterocycles. The quantitative estimate of drug-likeness (QED) is 0.0490. The molecule has 0 spiro atoms. The minimum absolute atomic E-state index is 0.306. The zero-order valence-corrected chi connectivity index (χ0v) is 37.9. The van der Waals surface area contributed by atoms with Gasteiger partial charge in [-0.25, -0.2) is 0 Å². The summed E-state index contributed by atoms with van der Waals surface area (Å²) in [5.74, 6) is 0. The molecule has 0 radical (unpaired) electrons. The summed E-state index contributed by atoms with van der Waals surface area (Å²) in [7, 11) is 6.82. The van der Waals surface area contributed by atoms with Crippen LogP contribution >= 0.6 is 11.7 Å². The van der Waals surface area contributed by atoms with Gasteiger partial charge in [0.25, 0.3) is 0 Å². The van der Waals surface area contributed by atoms with Crippen molar-refractivity contribution in [1.82, 2.24) is 8.75 Å². The Morgan fingerprint density at radius 2 is 0.698 bits per heavy atom. The third kappa shape index (κ3) is 9.27. The van der Waals surface area contributed by atoms with Crippen molar-refractivity contribution in [3.05, 3.63) is 119 Å². The number of nitrogens with zero attached hydrogens (tertiary/aromatic N) is 2. The molecule has 5 aromatic carbocycles. The van der Waals surface area contributed by atoms with E-state index in [9.17, 15) is 0 Å². The van der Waals surface area contributed by atoms with Gasteiger partial charge in [0.2, 0.25) is 0 Å². The van der Waals surface area contributed by atoms with Gasteiger partial charge < -0.3 is 37.9 Å². The third-order valence-corrected chi connectivity index (χ3v) is 13.5. The maximum absolute atomic E-state index is 6.15. The summed E-state index contributed by atoms with van der Waals surface area (Å²) < 4.78 is 55.8. The molecule has 10 nitrogen and oxygen atoms in total. The standard InChI is InChI=1S/C52H60N2O8S/c1-55-27-31-59-23-19-51(20-24-60-32-28-56-2)45-11-7-5-9-41(45)43-15-13-37(35-47(43)51)39-17-18-40(50-49(39)53-63-54-50)38-14-16-44-42-10-6-8-12-46(42)52(48(44)36-38,21-25-61-33-29-57-3)22-26-62-34-30-58-4/h5-18,35-36H,19-34H2,1-4H3. The first-order chi connectivity index (χ1) is 31.1. The maximum Gasteiger partial charge on any atom is 0.113 e. The van der Waals surface area contributed by atoms with Crippen LogP contribution in [0, 0.1) is 0 Å². The molecule has 63 heavy (non-hydrogen) atoms. The molecule has 0 fully saturated rings. The van der Waals surface area contributed by atoms with E-state index >= 15 is 0 Å². The van der Waals surface area contributed by atoms with Gasteiger partial charge >= 0.3 is 0 Å². The third-order valence-electron chi connectivity index (χ3n) is 13.0. The number of methoxy groups -OCH3 is 4. The lowest BCUT2D eigenvalue weighted by Crippen LogP contribution is -2.29. The van der Waals surface area contributed by atoms with E-state index in [4.69, 9.17) is 46.6 Å². The zero-order valence-electron chi connectivity index (χ0n) is 37.1. The average Bonchev–Trinajstić information content (AvgIpc) is 3.99. The highest BCUT2D eigenvalue weighted by molar-refractivity contribution is 7.00. The monoisotopic (exact) mass is 872 g/mol. The molecule has 0 bridgehead atoms. The van der Waals surface area contributed by atoms with Crippen molar-refractivity contribution < 1.29 is 37.9 Å². The second kappa shape index (κ2) is 21.5. The fraction of sp³-hybridized carbons (Fsp3) is 0.423. The van der Waals surface area contributed by atoms with Crippen molar-refractivity contribution in [3.63, 3.8) is 0 Å². The van der Waals surface area contributed by atoms with E-state index in [0.29, 0.717) is 79.3 Å². The Hall–Kier alpha value is -4.40. The van der Waals surface area contributed by atoms with Crippen molar-refractivity contribution in [3.8, 4) is 44.5 Å². The van der Waals surface area contributed by atoms with Crippen molar-refractivity contribution in [2.24, 2.45) is 0 Å². The summed E-state index contributed by atoms with van der Waals surface area (Å²) in [5, 5.41) is 0. The first kappa shape index (κ1) is 45.2. The molecule has 0 amide bonds. The molecule has 0 saturated carbocycles. The van der Waals surface area contributed by atoms with Gasteiger partial charge in [0.05, 0.1) is 64.6 Å². The van der Waals surface area contributed by atoms with Crippen LogP contribution in [0.1, 0.15) is 47.9 Å². The number of hydrogen-bond donors (Lipinski definition) is 0. The topological polar surface area (TPSA) is 99.6 Å². The fourth-order valence-electron chi connectivity index (χ4n) is 9.87. The molecule has 2 aliphatic rings. The summed E-state index contributed by atoms with van der Waals surface area (Å²) in [6.45, 7) is 6.86. The van der Waals surface area contributed by atoms with Crippen LogP contribution in [0.5, 0.6) is 0 Å². The first-order valence-electron chi connectivity index (χ1n) is 22.1. The second-order valence-electron chi connectivity index (χ2n) is 16.3. The minimum atomic E-state index is -0.306. The Kier molecular flexibility index (Phi) is 15.4. The molecule has 11 heteroatoms. The number of aromatic nitrogens is 2. The highest BCUT2D eigenvalue weighted by Gasteiger charge is 2.44. The van der Waals surface area contributed by atoms with Crippen molar-refractivity contribution in [1.29, 1.82) is 0 Å². The van der Waals surface area contributed by atoms with E-state index in [1.807, 2.05) is 0 Å². The van der Waals surface area contributed by atoms with Gasteiger partial charge in [-0.3, -0.25) is 0 Å². The van der Waals surface area contributed by atoms with E-state index in [-0.39, 0.29) is 10.8 Å². The lowest BCUT2D eigenvalue weighted by molar-refractivity contribution is 0.0490. The predicted molar refractivity (Wildman–Crippen MR) is 250 cm³/mol. The molecule has 0 unspecified atom stereocenters. The average molecular weight is 873 g/mol. The van der Waals surface area contributed by atoms with Gasteiger partial charge in [-0.1, -0.05) is 84.9 Å². The van der Waals surface area contributed by atoms with Crippen molar-refractivity contribution in [2.45, 2.75) is 36.5 Å². The molecular formula is C52H60N2O8S. The smallest absolute Gasteiger partial charge is 0.113 e. The van der Waals surface area contributed by atoms with Gasteiger partial charge in [-0.05, 0) is 93.5 Å². The van der Waals surface area contributed by atoms with E-state index in [1.54, 1.807) is 28.4 Å². The van der Waals surface area contributed by atoms with E-state index in [1.165, 1.54) is 56.2 Å². The Bertz CT molecular complexity index is 2240. The Balaban J connectivity index is 1.17. The molecule has 1 aromatic heterocycles. The second-order valence-corrected chi connectivity index (χ2v) is 16.8. The van der Waals surface area contributed by atoms with Gasteiger partial charge in [0.15, 0.2) is 0 Å². The molecule has 8 rings (SSSR count). The van der Waals surface area contributed by atoms with Crippen LogP contribution < -0.4 is 0 Å². The minimum Gasteiger partial charge on any atom is -0.382 e. The number of ether oxygens (including phenoxy) is 8. The Morgan fingerprint density at radius 1 is 0.365 bits per heavy atom. The van der Waals surface area contributed by atoms with Crippen LogP contribution in [0.3, 0.4) is 0 Å².